The molecular formula is C15H14F3N3O2S. The Bertz CT molecular complexity index is 757. The first-order valence-corrected chi connectivity index (χ1v) is 7.73. The molecule has 0 amide bonds. The van der Waals surface area contributed by atoms with Gasteiger partial charge in [0.1, 0.15) is 4.88 Å². The Hall–Kier alpha value is -2.42. The topological polar surface area (TPSA) is 63.6 Å². The molecule has 1 aromatic carbocycles. The number of thiazole rings is 1. The van der Waals surface area contributed by atoms with Gasteiger partial charge in [0.2, 0.25) is 5.13 Å². The summed E-state index contributed by atoms with van der Waals surface area (Å²) in [6, 6.07) is 4.77. The van der Waals surface area contributed by atoms with Gasteiger partial charge >= 0.3 is 12.1 Å². The minimum atomic E-state index is -4.40. The number of benzene rings is 1. The van der Waals surface area contributed by atoms with Crippen molar-refractivity contribution < 1.29 is 22.7 Å². The molecule has 0 bridgehead atoms. The number of anilines is 1. The number of nitrogens with one attached hydrogen (secondary N) is 1. The lowest BCUT2D eigenvalue weighted by molar-refractivity contribution is -0.137. The van der Waals surface area contributed by atoms with E-state index in [1.807, 2.05) is 0 Å². The van der Waals surface area contributed by atoms with Crippen LogP contribution in [-0.4, -0.2) is 23.8 Å². The minimum absolute atomic E-state index is 0.257. The SMILES string of the molecule is CCOC(=O)c1sc(N/N=C\c2cccc(C(F)(F)F)c2)nc1C. The molecule has 5 nitrogen and oxygen atoms in total. The van der Waals surface area contributed by atoms with E-state index in [0.717, 1.165) is 23.5 Å². The first kappa shape index (κ1) is 17.9. The normalized spacial score (nSPS) is 11.7. The number of halogens is 3. The molecule has 0 aliphatic heterocycles. The van der Waals surface area contributed by atoms with Gasteiger partial charge in [0.25, 0.3) is 0 Å². The van der Waals surface area contributed by atoms with E-state index in [2.05, 4.69) is 15.5 Å². The largest absolute Gasteiger partial charge is 0.462 e. The maximum atomic E-state index is 12.6. The summed E-state index contributed by atoms with van der Waals surface area (Å²) >= 11 is 1.06. The summed E-state index contributed by atoms with van der Waals surface area (Å²) in [5.74, 6) is -0.470. The predicted octanol–water partition coefficient (Wildman–Crippen LogP) is 4.09. The quantitative estimate of drug-likeness (QED) is 0.497. The molecule has 1 N–H and O–H groups in total. The van der Waals surface area contributed by atoms with Crippen molar-refractivity contribution in [3.05, 3.63) is 46.0 Å². The number of nitrogens with zero attached hydrogens (tertiary/aromatic N) is 2. The average molecular weight is 357 g/mol. The van der Waals surface area contributed by atoms with Gasteiger partial charge in [-0.25, -0.2) is 9.78 Å². The third-order valence-electron chi connectivity index (χ3n) is 2.85. The fourth-order valence-corrected chi connectivity index (χ4v) is 2.60. The number of carbonyl (C=O) groups excluding carboxylic acids is 1. The first-order valence-electron chi connectivity index (χ1n) is 6.92. The molecule has 0 aliphatic rings. The Morgan fingerprint density at radius 3 is 2.88 bits per heavy atom. The standard InChI is InChI=1S/C15H14F3N3O2S/c1-3-23-13(22)12-9(2)20-14(24-12)21-19-8-10-5-4-6-11(7-10)15(16,17)18/h4-8H,3H2,1-2H3,(H,20,21)/b19-8-. The zero-order valence-corrected chi connectivity index (χ0v) is 13.7. The Balaban J connectivity index is 2.07. The Morgan fingerprint density at radius 1 is 1.46 bits per heavy atom. The number of hydrogen-bond donors (Lipinski definition) is 1. The molecule has 0 radical (unpaired) electrons. The van der Waals surface area contributed by atoms with Gasteiger partial charge in [-0.2, -0.15) is 18.3 Å². The molecule has 2 rings (SSSR count). The molecule has 0 unspecified atom stereocenters. The van der Waals surface area contributed by atoms with Gasteiger partial charge in [-0.3, -0.25) is 5.43 Å². The van der Waals surface area contributed by atoms with E-state index in [1.165, 1.54) is 18.3 Å². The van der Waals surface area contributed by atoms with Crippen molar-refractivity contribution in [2.45, 2.75) is 20.0 Å². The van der Waals surface area contributed by atoms with Crippen LogP contribution in [0, 0.1) is 6.92 Å². The number of hydrazone groups is 1. The van der Waals surface area contributed by atoms with Crippen LogP contribution in [0.15, 0.2) is 29.4 Å². The second-order valence-electron chi connectivity index (χ2n) is 4.65. The van der Waals surface area contributed by atoms with Crippen LogP contribution < -0.4 is 5.43 Å². The number of aryl methyl sites for hydroxylation is 1. The van der Waals surface area contributed by atoms with Gasteiger partial charge in [0, 0.05) is 0 Å². The molecule has 0 aliphatic carbocycles. The lowest BCUT2D eigenvalue weighted by Crippen LogP contribution is -2.05. The van der Waals surface area contributed by atoms with Crippen LogP contribution in [0.1, 0.15) is 33.4 Å². The number of ether oxygens (including phenoxy) is 1. The van der Waals surface area contributed by atoms with E-state index >= 15 is 0 Å². The summed E-state index contributed by atoms with van der Waals surface area (Å²) in [6.07, 6.45) is -3.16. The van der Waals surface area contributed by atoms with Gasteiger partial charge < -0.3 is 4.74 Å². The minimum Gasteiger partial charge on any atom is -0.462 e. The smallest absolute Gasteiger partial charge is 0.416 e. The van der Waals surface area contributed by atoms with Crippen molar-refractivity contribution in [2.24, 2.45) is 5.10 Å². The second-order valence-corrected chi connectivity index (χ2v) is 5.65. The summed E-state index contributed by atoms with van der Waals surface area (Å²) in [6.45, 7) is 3.61. The molecule has 0 saturated heterocycles. The van der Waals surface area contributed by atoms with E-state index in [1.54, 1.807) is 13.8 Å². The number of alkyl halides is 3. The van der Waals surface area contributed by atoms with Gasteiger partial charge in [0.15, 0.2) is 0 Å². The molecule has 0 spiro atoms. The molecule has 1 aromatic heterocycles. The predicted molar refractivity (Wildman–Crippen MR) is 85.5 cm³/mol. The maximum Gasteiger partial charge on any atom is 0.416 e. The van der Waals surface area contributed by atoms with E-state index in [0.29, 0.717) is 15.7 Å². The van der Waals surface area contributed by atoms with Crippen molar-refractivity contribution in [3.8, 4) is 0 Å². The van der Waals surface area contributed by atoms with Gasteiger partial charge in [-0.1, -0.05) is 23.5 Å². The van der Waals surface area contributed by atoms with Gasteiger partial charge in [-0.15, -0.1) is 0 Å². The third kappa shape index (κ3) is 4.54. The fraction of sp³-hybridized carbons (Fsp3) is 0.267. The van der Waals surface area contributed by atoms with Crippen LogP contribution in [0.5, 0.6) is 0 Å². The van der Waals surface area contributed by atoms with Crippen LogP contribution in [-0.2, 0) is 10.9 Å². The lowest BCUT2D eigenvalue weighted by Gasteiger charge is -2.06. The highest BCUT2D eigenvalue weighted by atomic mass is 32.1. The summed E-state index contributed by atoms with van der Waals surface area (Å²) in [5.41, 5.74) is 2.63. The van der Waals surface area contributed by atoms with Crippen LogP contribution in [0.4, 0.5) is 18.3 Å². The molecule has 0 atom stereocenters. The Labute approximate surface area is 140 Å². The molecule has 24 heavy (non-hydrogen) atoms. The number of rotatable bonds is 5. The molecule has 128 valence electrons. The van der Waals surface area contributed by atoms with Gasteiger partial charge in [-0.05, 0) is 31.5 Å². The number of hydrogen-bond acceptors (Lipinski definition) is 6. The third-order valence-corrected chi connectivity index (χ3v) is 3.89. The van der Waals surface area contributed by atoms with E-state index in [-0.39, 0.29) is 12.2 Å². The number of carbonyl (C=O) groups is 1. The monoisotopic (exact) mass is 357 g/mol. The summed E-state index contributed by atoms with van der Waals surface area (Å²) in [7, 11) is 0. The molecule has 9 heteroatoms. The van der Waals surface area contributed by atoms with Crippen LogP contribution >= 0.6 is 11.3 Å². The molecule has 0 saturated carbocycles. The summed E-state index contributed by atoms with van der Waals surface area (Å²) in [5, 5.41) is 4.19. The Kier molecular flexibility index (Phi) is 5.55. The van der Waals surface area contributed by atoms with Crippen molar-refractivity contribution in [1.82, 2.24) is 4.98 Å². The second kappa shape index (κ2) is 7.43. The van der Waals surface area contributed by atoms with E-state index in [4.69, 9.17) is 4.74 Å². The summed E-state index contributed by atoms with van der Waals surface area (Å²) < 4.78 is 42.8. The van der Waals surface area contributed by atoms with Crippen molar-refractivity contribution >= 4 is 28.7 Å². The highest BCUT2D eigenvalue weighted by molar-refractivity contribution is 7.17. The van der Waals surface area contributed by atoms with Gasteiger partial charge in [0.05, 0.1) is 24.1 Å². The van der Waals surface area contributed by atoms with E-state index < -0.39 is 17.7 Å². The van der Waals surface area contributed by atoms with Crippen LogP contribution in [0.25, 0.3) is 0 Å². The number of esters is 1. The van der Waals surface area contributed by atoms with Crippen molar-refractivity contribution in [2.75, 3.05) is 12.0 Å². The zero-order valence-electron chi connectivity index (χ0n) is 12.8. The highest BCUT2D eigenvalue weighted by Gasteiger charge is 2.30. The number of aromatic nitrogens is 1. The molecular weight excluding hydrogens is 343 g/mol. The zero-order chi connectivity index (χ0) is 17.7. The van der Waals surface area contributed by atoms with Crippen molar-refractivity contribution in [3.63, 3.8) is 0 Å². The lowest BCUT2D eigenvalue weighted by atomic mass is 10.1. The van der Waals surface area contributed by atoms with Crippen molar-refractivity contribution in [1.29, 1.82) is 0 Å². The first-order chi connectivity index (χ1) is 11.3. The molecule has 2 aromatic rings. The van der Waals surface area contributed by atoms with Crippen LogP contribution in [0.3, 0.4) is 0 Å². The average Bonchev–Trinajstić information content (AvgIpc) is 2.88. The Morgan fingerprint density at radius 2 is 2.21 bits per heavy atom. The maximum absolute atomic E-state index is 12.6. The molecule has 0 fully saturated rings. The summed E-state index contributed by atoms with van der Waals surface area (Å²) in [4.78, 5) is 16.2. The van der Waals surface area contributed by atoms with Crippen LogP contribution in [0.2, 0.25) is 0 Å². The fourth-order valence-electron chi connectivity index (χ4n) is 1.79. The molecule has 1 heterocycles. The van der Waals surface area contributed by atoms with E-state index in [9.17, 15) is 18.0 Å². The highest BCUT2D eigenvalue weighted by Crippen LogP contribution is 2.29.